The lowest BCUT2D eigenvalue weighted by Crippen LogP contribution is -2.22. The largest absolute Gasteiger partial charge is 0.496 e. The number of methoxy groups -OCH3 is 1. The zero-order valence-electron chi connectivity index (χ0n) is 12.1. The minimum atomic E-state index is -0.251. The van der Waals surface area contributed by atoms with Crippen LogP contribution in [-0.4, -0.2) is 13.7 Å². The predicted molar refractivity (Wildman–Crippen MR) is 80.8 cm³/mol. The molecule has 4 heteroatoms. The zero-order valence-corrected chi connectivity index (χ0v) is 12.1. The van der Waals surface area contributed by atoms with Gasteiger partial charge in [-0.15, -0.1) is 0 Å². The summed E-state index contributed by atoms with van der Waals surface area (Å²) < 4.78 is 18.4. The van der Waals surface area contributed by atoms with Crippen molar-refractivity contribution in [3.05, 3.63) is 59.4 Å². The Morgan fingerprint density at radius 2 is 1.90 bits per heavy atom. The monoisotopic (exact) mass is 284 g/mol. The normalized spacial score (nSPS) is 10.0. The van der Waals surface area contributed by atoms with Crippen LogP contribution < -0.4 is 9.64 Å². The van der Waals surface area contributed by atoms with Gasteiger partial charge in [0.2, 0.25) is 0 Å². The maximum Gasteiger partial charge on any atom is 0.123 e. The molecule has 2 aromatic rings. The van der Waals surface area contributed by atoms with Gasteiger partial charge in [-0.2, -0.15) is 5.26 Å². The van der Waals surface area contributed by atoms with E-state index in [9.17, 15) is 4.39 Å². The van der Waals surface area contributed by atoms with Gasteiger partial charge in [0.1, 0.15) is 11.6 Å². The third kappa shape index (κ3) is 3.51. The molecule has 0 bridgehead atoms. The molecular formula is C17H17FN2O. The Morgan fingerprint density at radius 3 is 2.48 bits per heavy atom. The Morgan fingerprint density at radius 1 is 1.19 bits per heavy atom. The first-order valence-electron chi connectivity index (χ1n) is 6.75. The topological polar surface area (TPSA) is 36.3 Å². The molecule has 0 aliphatic heterocycles. The van der Waals surface area contributed by atoms with Crippen LogP contribution in [0.3, 0.4) is 0 Å². The molecule has 2 rings (SSSR count). The Balaban J connectivity index is 2.30. The lowest BCUT2D eigenvalue weighted by Gasteiger charge is -2.24. The third-order valence-corrected chi connectivity index (χ3v) is 3.34. The van der Waals surface area contributed by atoms with Crippen molar-refractivity contribution in [1.29, 1.82) is 5.26 Å². The van der Waals surface area contributed by atoms with Crippen molar-refractivity contribution in [1.82, 2.24) is 0 Å². The number of anilines is 1. The first-order chi connectivity index (χ1) is 10.2. The van der Waals surface area contributed by atoms with E-state index in [1.54, 1.807) is 31.4 Å². The molecule has 108 valence electrons. The molecule has 0 aliphatic carbocycles. The highest BCUT2D eigenvalue weighted by Gasteiger charge is 2.10. The number of rotatable bonds is 5. The van der Waals surface area contributed by atoms with E-state index < -0.39 is 0 Å². The predicted octanol–water partition coefficient (Wildman–Crippen LogP) is 3.73. The van der Waals surface area contributed by atoms with Crippen LogP contribution in [0.1, 0.15) is 18.1 Å². The van der Waals surface area contributed by atoms with Crippen molar-refractivity contribution in [3.8, 4) is 11.8 Å². The van der Waals surface area contributed by atoms with E-state index in [1.165, 1.54) is 12.1 Å². The molecule has 0 fully saturated rings. The molecule has 2 aromatic carbocycles. The van der Waals surface area contributed by atoms with Crippen LogP contribution in [0.5, 0.6) is 5.75 Å². The van der Waals surface area contributed by atoms with E-state index in [2.05, 4.69) is 11.0 Å². The molecule has 0 aliphatic rings. The highest BCUT2D eigenvalue weighted by Crippen LogP contribution is 2.24. The molecule has 0 aromatic heterocycles. The molecule has 0 N–H and O–H groups in total. The van der Waals surface area contributed by atoms with Crippen molar-refractivity contribution < 1.29 is 9.13 Å². The van der Waals surface area contributed by atoms with Crippen molar-refractivity contribution in [2.45, 2.75) is 13.5 Å². The average Bonchev–Trinajstić information content (AvgIpc) is 2.53. The Labute approximate surface area is 124 Å². The molecular weight excluding hydrogens is 267 g/mol. The summed E-state index contributed by atoms with van der Waals surface area (Å²) in [5.74, 6) is 0.494. The molecule has 21 heavy (non-hydrogen) atoms. The van der Waals surface area contributed by atoms with Gasteiger partial charge in [0, 0.05) is 24.3 Å². The molecule has 0 spiro atoms. The first kappa shape index (κ1) is 14.9. The maximum atomic E-state index is 13.0. The SMILES string of the molecule is CCN(Cc1cc(C#N)ccc1OC)c1ccc(F)cc1. The van der Waals surface area contributed by atoms with Crippen LogP contribution in [0.15, 0.2) is 42.5 Å². The Hall–Kier alpha value is -2.54. The smallest absolute Gasteiger partial charge is 0.123 e. The summed E-state index contributed by atoms with van der Waals surface area (Å²) in [7, 11) is 1.61. The van der Waals surface area contributed by atoms with Crippen LogP contribution in [0.2, 0.25) is 0 Å². The minimum Gasteiger partial charge on any atom is -0.496 e. The van der Waals surface area contributed by atoms with Crippen LogP contribution in [0, 0.1) is 17.1 Å². The molecule has 0 radical (unpaired) electrons. The minimum absolute atomic E-state index is 0.251. The molecule has 0 atom stereocenters. The molecule has 0 saturated carbocycles. The maximum absolute atomic E-state index is 13.0. The van der Waals surface area contributed by atoms with Crippen LogP contribution >= 0.6 is 0 Å². The number of nitriles is 1. The summed E-state index contributed by atoms with van der Waals surface area (Å²) in [5.41, 5.74) is 2.46. The number of halogens is 1. The molecule has 3 nitrogen and oxygen atoms in total. The quantitative estimate of drug-likeness (QED) is 0.839. The standard InChI is InChI=1S/C17H17FN2O/c1-3-20(16-7-5-15(18)6-8-16)12-14-10-13(11-19)4-9-17(14)21-2/h4-10H,3,12H2,1-2H3. The third-order valence-electron chi connectivity index (χ3n) is 3.34. The van der Waals surface area contributed by atoms with E-state index in [0.29, 0.717) is 12.1 Å². The van der Waals surface area contributed by atoms with Gasteiger partial charge in [-0.1, -0.05) is 0 Å². The van der Waals surface area contributed by atoms with E-state index >= 15 is 0 Å². The summed E-state index contributed by atoms with van der Waals surface area (Å²) in [5, 5.41) is 9.02. The lowest BCUT2D eigenvalue weighted by molar-refractivity contribution is 0.409. The van der Waals surface area contributed by atoms with Crippen LogP contribution in [0.4, 0.5) is 10.1 Å². The van der Waals surface area contributed by atoms with Gasteiger partial charge < -0.3 is 9.64 Å². The second-order valence-electron chi connectivity index (χ2n) is 4.63. The summed E-state index contributed by atoms with van der Waals surface area (Å²) in [6.07, 6.45) is 0. The summed E-state index contributed by atoms with van der Waals surface area (Å²) in [6.45, 7) is 3.40. The average molecular weight is 284 g/mol. The van der Waals surface area contributed by atoms with Crippen LogP contribution in [0.25, 0.3) is 0 Å². The van der Waals surface area contributed by atoms with E-state index in [-0.39, 0.29) is 5.82 Å². The number of benzene rings is 2. The summed E-state index contributed by atoms with van der Waals surface area (Å²) >= 11 is 0. The van der Waals surface area contributed by atoms with Crippen molar-refractivity contribution in [3.63, 3.8) is 0 Å². The van der Waals surface area contributed by atoms with Gasteiger partial charge >= 0.3 is 0 Å². The van der Waals surface area contributed by atoms with Gasteiger partial charge in [0.25, 0.3) is 0 Å². The van der Waals surface area contributed by atoms with E-state index in [4.69, 9.17) is 10.00 Å². The molecule has 0 amide bonds. The Kier molecular flexibility index (Phi) is 4.78. The first-order valence-corrected chi connectivity index (χ1v) is 6.75. The molecule has 0 saturated heterocycles. The van der Waals surface area contributed by atoms with Gasteiger partial charge in [-0.25, -0.2) is 4.39 Å². The molecule has 0 unspecified atom stereocenters. The summed E-state index contributed by atoms with van der Waals surface area (Å²) in [6, 6.07) is 13.9. The Bertz CT molecular complexity index is 647. The second-order valence-corrected chi connectivity index (χ2v) is 4.63. The highest BCUT2D eigenvalue weighted by molar-refractivity contribution is 5.49. The van der Waals surface area contributed by atoms with Crippen molar-refractivity contribution >= 4 is 5.69 Å². The zero-order chi connectivity index (χ0) is 15.2. The fourth-order valence-electron chi connectivity index (χ4n) is 2.21. The number of ether oxygens (including phenoxy) is 1. The van der Waals surface area contributed by atoms with Gasteiger partial charge in [0.15, 0.2) is 0 Å². The van der Waals surface area contributed by atoms with Gasteiger partial charge in [-0.05, 0) is 49.4 Å². The second kappa shape index (κ2) is 6.76. The summed E-state index contributed by atoms with van der Waals surface area (Å²) in [4.78, 5) is 2.10. The fraction of sp³-hybridized carbons (Fsp3) is 0.235. The number of hydrogen-bond donors (Lipinski definition) is 0. The van der Waals surface area contributed by atoms with Crippen LogP contribution in [-0.2, 0) is 6.54 Å². The van der Waals surface area contributed by atoms with Crippen molar-refractivity contribution in [2.75, 3.05) is 18.6 Å². The fourth-order valence-corrected chi connectivity index (χ4v) is 2.21. The van der Waals surface area contributed by atoms with Gasteiger partial charge in [0.05, 0.1) is 18.7 Å². The highest BCUT2D eigenvalue weighted by atomic mass is 19.1. The molecule has 0 heterocycles. The van der Waals surface area contributed by atoms with E-state index in [0.717, 1.165) is 23.5 Å². The van der Waals surface area contributed by atoms with Gasteiger partial charge in [-0.3, -0.25) is 0 Å². The lowest BCUT2D eigenvalue weighted by atomic mass is 10.1. The number of nitrogens with zero attached hydrogens (tertiary/aromatic N) is 2. The van der Waals surface area contributed by atoms with E-state index in [1.807, 2.05) is 13.0 Å². The van der Waals surface area contributed by atoms with Crippen molar-refractivity contribution in [2.24, 2.45) is 0 Å². The number of hydrogen-bond acceptors (Lipinski definition) is 3.